The van der Waals surface area contributed by atoms with E-state index in [2.05, 4.69) is 16.5 Å². The number of esters is 1. The smallest absolute Gasteiger partial charge is 0.338 e. The number of amides is 2. The summed E-state index contributed by atoms with van der Waals surface area (Å²) in [5.74, 6) is -3.48. The van der Waals surface area contributed by atoms with Crippen LogP contribution in [0, 0.1) is 0 Å². The molecule has 1 saturated heterocycles. The van der Waals surface area contributed by atoms with Crippen LogP contribution in [0.25, 0.3) is 10.2 Å². The van der Waals surface area contributed by atoms with Gasteiger partial charge >= 0.3 is 5.97 Å². The van der Waals surface area contributed by atoms with Crippen LogP contribution in [0.3, 0.4) is 0 Å². The monoisotopic (exact) mass is 570 g/mol. The van der Waals surface area contributed by atoms with Crippen LogP contribution in [0.15, 0.2) is 66.2 Å². The number of sulfone groups is 1. The summed E-state index contributed by atoms with van der Waals surface area (Å²) in [4.78, 5) is 45.5. The number of thiazole rings is 1. The van der Waals surface area contributed by atoms with Gasteiger partial charge in [0.1, 0.15) is 11.5 Å². The minimum Gasteiger partial charge on any atom is -0.462 e. The SMILES string of the molecule is C=CCn1c(=NC(=O)CS(=O)(=O)CC(=O)N2CCN(c3ccccc3)CC2)sc2cc(C(=O)OCC)ccc21. The summed E-state index contributed by atoms with van der Waals surface area (Å²) in [6.45, 7) is 8.01. The van der Waals surface area contributed by atoms with Gasteiger partial charge in [-0.25, -0.2) is 13.2 Å². The van der Waals surface area contributed by atoms with Gasteiger partial charge in [0.25, 0.3) is 5.91 Å². The third-order valence-corrected chi connectivity index (χ3v) is 8.58. The predicted molar refractivity (Wildman–Crippen MR) is 150 cm³/mol. The molecule has 0 unspecified atom stereocenters. The molecule has 39 heavy (non-hydrogen) atoms. The Morgan fingerprint density at radius 3 is 2.44 bits per heavy atom. The van der Waals surface area contributed by atoms with Crippen LogP contribution >= 0.6 is 11.3 Å². The van der Waals surface area contributed by atoms with Gasteiger partial charge in [0.05, 0.1) is 22.4 Å². The van der Waals surface area contributed by atoms with Crippen molar-refractivity contribution in [1.29, 1.82) is 0 Å². The molecule has 1 aliphatic heterocycles. The van der Waals surface area contributed by atoms with Crippen molar-refractivity contribution in [3.05, 3.63) is 71.6 Å². The lowest BCUT2D eigenvalue weighted by atomic mass is 10.2. The van der Waals surface area contributed by atoms with E-state index in [1.165, 1.54) is 4.90 Å². The van der Waals surface area contributed by atoms with Crippen molar-refractivity contribution in [1.82, 2.24) is 9.47 Å². The molecule has 0 spiro atoms. The van der Waals surface area contributed by atoms with E-state index in [1.54, 1.807) is 35.8 Å². The van der Waals surface area contributed by atoms with Crippen molar-refractivity contribution in [2.75, 3.05) is 49.2 Å². The molecule has 1 fully saturated rings. The van der Waals surface area contributed by atoms with Crippen LogP contribution in [-0.2, 0) is 30.7 Å². The Bertz CT molecular complexity index is 1550. The van der Waals surface area contributed by atoms with E-state index in [9.17, 15) is 22.8 Å². The molecule has 3 aromatic rings. The first kappa shape index (κ1) is 28.2. The summed E-state index contributed by atoms with van der Waals surface area (Å²) in [6, 6.07) is 14.8. The van der Waals surface area contributed by atoms with E-state index in [-0.39, 0.29) is 11.4 Å². The topological polar surface area (TPSA) is 118 Å². The zero-order valence-corrected chi connectivity index (χ0v) is 23.2. The number of aromatic nitrogens is 1. The Hall–Kier alpha value is -3.77. The number of allylic oxidation sites excluding steroid dienone is 1. The van der Waals surface area contributed by atoms with Crippen LogP contribution in [0.5, 0.6) is 0 Å². The minimum absolute atomic E-state index is 0.244. The van der Waals surface area contributed by atoms with Crippen LogP contribution in [0.1, 0.15) is 17.3 Å². The largest absolute Gasteiger partial charge is 0.462 e. The summed E-state index contributed by atoms with van der Waals surface area (Å²) >= 11 is 1.15. The predicted octanol–water partition coefficient (Wildman–Crippen LogP) is 2.26. The third-order valence-electron chi connectivity index (χ3n) is 6.17. The van der Waals surface area contributed by atoms with Crippen LogP contribution < -0.4 is 9.70 Å². The van der Waals surface area contributed by atoms with Gasteiger partial charge in [-0.1, -0.05) is 35.6 Å². The minimum atomic E-state index is -4.03. The number of anilines is 1. The fourth-order valence-electron chi connectivity index (χ4n) is 4.32. The molecule has 206 valence electrons. The fraction of sp³-hybridized carbons (Fsp3) is 0.333. The molecule has 0 N–H and O–H groups in total. The summed E-state index contributed by atoms with van der Waals surface area (Å²) in [5.41, 5.74) is 2.13. The quantitative estimate of drug-likeness (QED) is 0.286. The number of hydrogen-bond donors (Lipinski definition) is 0. The number of ether oxygens (including phenoxy) is 1. The first-order valence-corrected chi connectivity index (χ1v) is 15.1. The van der Waals surface area contributed by atoms with Gasteiger partial charge in [-0.05, 0) is 37.3 Å². The number of benzene rings is 2. The first-order chi connectivity index (χ1) is 18.7. The first-order valence-electron chi connectivity index (χ1n) is 12.5. The number of rotatable bonds is 9. The molecule has 2 heterocycles. The van der Waals surface area contributed by atoms with Gasteiger partial charge < -0.3 is 19.1 Å². The summed E-state index contributed by atoms with van der Waals surface area (Å²) in [5, 5.41) is 0. The Kier molecular flexibility index (Phi) is 8.97. The highest BCUT2D eigenvalue weighted by atomic mass is 32.2. The number of piperazine rings is 1. The number of para-hydroxylation sites is 1. The zero-order valence-electron chi connectivity index (χ0n) is 21.6. The molecule has 0 saturated carbocycles. The second kappa shape index (κ2) is 12.4. The average molecular weight is 571 g/mol. The van der Waals surface area contributed by atoms with E-state index in [0.717, 1.165) is 17.0 Å². The number of carbonyl (C=O) groups excluding carboxylic acids is 3. The van der Waals surface area contributed by atoms with Crippen molar-refractivity contribution in [3.8, 4) is 0 Å². The van der Waals surface area contributed by atoms with Crippen LogP contribution in [-0.4, -0.2) is 80.0 Å². The highest BCUT2D eigenvalue weighted by molar-refractivity contribution is 7.92. The third kappa shape index (κ3) is 7.01. The van der Waals surface area contributed by atoms with Gasteiger partial charge in [-0.2, -0.15) is 4.99 Å². The van der Waals surface area contributed by atoms with Crippen LogP contribution in [0.2, 0.25) is 0 Å². The average Bonchev–Trinajstić information content (AvgIpc) is 3.24. The van der Waals surface area contributed by atoms with Crippen molar-refractivity contribution in [2.45, 2.75) is 13.5 Å². The zero-order chi connectivity index (χ0) is 28.0. The van der Waals surface area contributed by atoms with E-state index >= 15 is 0 Å². The number of hydrogen-bond acceptors (Lipinski definition) is 8. The number of carbonyl (C=O) groups is 3. The maximum absolute atomic E-state index is 12.7. The standard InChI is InChI=1S/C27H30N4O6S2/c1-3-12-31-22-11-10-20(26(34)37-4-2)17-23(22)38-27(31)28-24(32)18-39(35,36)19-25(33)30-15-13-29(14-16-30)21-8-6-5-7-9-21/h3,5-11,17H,1,4,12-16,18-19H2,2H3. The Morgan fingerprint density at radius 1 is 1.05 bits per heavy atom. The summed E-state index contributed by atoms with van der Waals surface area (Å²) in [6.07, 6.45) is 1.63. The Balaban J connectivity index is 1.44. The van der Waals surface area contributed by atoms with Gasteiger partial charge in [0, 0.05) is 38.4 Å². The molecule has 4 rings (SSSR count). The molecule has 2 amide bonds. The molecular weight excluding hydrogens is 540 g/mol. The van der Waals surface area contributed by atoms with E-state index < -0.39 is 39.1 Å². The van der Waals surface area contributed by atoms with E-state index in [4.69, 9.17) is 4.74 Å². The van der Waals surface area contributed by atoms with Crippen molar-refractivity contribution in [2.24, 2.45) is 4.99 Å². The van der Waals surface area contributed by atoms with Crippen molar-refractivity contribution < 1.29 is 27.5 Å². The molecule has 1 aliphatic rings. The lowest BCUT2D eigenvalue weighted by Gasteiger charge is -2.36. The van der Waals surface area contributed by atoms with E-state index in [1.807, 2.05) is 30.3 Å². The van der Waals surface area contributed by atoms with Gasteiger partial charge in [0.15, 0.2) is 14.6 Å². The Morgan fingerprint density at radius 2 is 1.77 bits per heavy atom. The molecular formula is C27H30N4O6S2. The maximum atomic E-state index is 12.7. The lowest BCUT2D eigenvalue weighted by molar-refractivity contribution is -0.128. The van der Waals surface area contributed by atoms with Gasteiger partial charge in [0.2, 0.25) is 5.91 Å². The van der Waals surface area contributed by atoms with Crippen molar-refractivity contribution >= 4 is 54.9 Å². The van der Waals surface area contributed by atoms with Crippen LogP contribution in [0.4, 0.5) is 5.69 Å². The molecule has 1 aromatic heterocycles. The Labute approximate surface area is 230 Å². The second-order valence-electron chi connectivity index (χ2n) is 8.93. The van der Waals surface area contributed by atoms with Gasteiger partial charge in [-0.3, -0.25) is 9.59 Å². The molecule has 0 radical (unpaired) electrons. The lowest BCUT2D eigenvalue weighted by Crippen LogP contribution is -2.50. The fourth-order valence-corrected chi connectivity index (χ4v) is 6.51. The highest BCUT2D eigenvalue weighted by Gasteiger charge is 2.27. The second-order valence-corrected chi connectivity index (χ2v) is 12.0. The molecule has 2 aromatic carbocycles. The van der Waals surface area contributed by atoms with Crippen molar-refractivity contribution in [3.63, 3.8) is 0 Å². The molecule has 10 nitrogen and oxygen atoms in total. The molecule has 0 atom stereocenters. The summed E-state index contributed by atoms with van der Waals surface area (Å²) < 4.78 is 32.9. The highest BCUT2D eigenvalue weighted by Crippen LogP contribution is 2.20. The number of fused-ring (bicyclic) bond motifs is 1. The van der Waals surface area contributed by atoms with E-state index in [0.29, 0.717) is 48.5 Å². The molecule has 0 bridgehead atoms. The maximum Gasteiger partial charge on any atom is 0.338 e. The van der Waals surface area contributed by atoms with Gasteiger partial charge in [-0.15, -0.1) is 6.58 Å². The molecule has 12 heteroatoms. The summed E-state index contributed by atoms with van der Waals surface area (Å²) in [7, 11) is -4.03. The number of nitrogens with zero attached hydrogens (tertiary/aromatic N) is 4. The molecule has 0 aliphatic carbocycles. The normalized spacial score (nSPS) is 14.4.